The van der Waals surface area contributed by atoms with E-state index in [1.165, 1.54) is 27.0 Å². The fourth-order valence-electron chi connectivity index (χ4n) is 3.76. The predicted octanol–water partition coefficient (Wildman–Crippen LogP) is 4.48. The Morgan fingerprint density at radius 1 is 1.22 bits per heavy atom. The third kappa shape index (κ3) is 3.30. The van der Waals surface area contributed by atoms with Crippen LogP contribution in [0.1, 0.15) is 32.5 Å². The Morgan fingerprint density at radius 3 is 2.81 bits per heavy atom. The molecule has 5 heteroatoms. The Kier molecular flexibility index (Phi) is 4.62. The molecule has 136 valence electrons. The second-order valence-electron chi connectivity index (χ2n) is 6.84. The number of carbonyl (C=O) groups is 1. The molecule has 0 N–H and O–H groups in total. The van der Waals surface area contributed by atoms with Crippen LogP contribution >= 0.6 is 11.3 Å². The molecule has 3 heterocycles. The smallest absolute Gasteiger partial charge is 0.246 e. The molecule has 0 spiro atoms. The molecule has 1 aromatic carbocycles. The van der Waals surface area contributed by atoms with Crippen LogP contribution in [0.3, 0.4) is 0 Å². The van der Waals surface area contributed by atoms with Gasteiger partial charge in [0.25, 0.3) is 0 Å². The molecule has 0 saturated carbocycles. The third-order valence-electron chi connectivity index (χ3n) is 4.98. The van der Waals surface area contributed by atoms with Crippen molar-refractivity contribution >= 4 is 17.2 Å². The standard InChI is InChI=1S/C22H21N3OS/c1-4-22(26)25-11-19(18-10-15(3)27-21(18)12-25)16-7-5-6-8-17(16)20-9-14(2)23-13-24-20/h4-10,13,19H,1,11-12H2,2-3H3/t19-/m0/s1. The lowest BCUT2D eigenvalue weighted by molar-refractivity contribution is -0.127. The Morgan fingerprint density at radius 2 is 2.04 bits per heavy atom. The molecule has 0 bridgehead atoms. The van der Waals surface area contributed by atoms with Gasteiger partial charge >= 0.3 is 0 Å². The lowest BCUT2D eigenvalue weighted by Gasteiger charge is -2.33. The Labute approximate surface area is 163 Å². The minimum Gasteiger partial charge on any atom is -0.333 e. The molecule has 4 rings (SSSR count). The van der Waals surface area contributed by atoms with Crippen LogP contribution in [0.5, 0.6) is 0 Å². The lowest BCUT2D eigenvalue weighted by Crippen LogP contribution is -2.37. The normalized spacial score (nSPS) is 16.1. The maximum atomic E-state index is 12.4. The highest BCUT2D eigenvalue weighted by Gasteiger charge is 2.31. The van der Waals surface area contributed by atoms with Crippen molar-refractivity contribution in [2.24, 2.45) is 0 Å². The first-order valence-electron chi connectivity index (χ1n) is 8.95. The summed E-state index contributed by atoms with van der Waals surface area (Å²) < 4.78 is 0. The van der Waals surface area contributed by atoms with Crippen LogP contribution in [0.2, 0.25) is 0 Å². The first-order valence-corrected chi connectivity index (χ1v) is 9.77. The van der Waals surface area contributed by atoms with Crippen LogP contribution in [0.25, 0.3) is 11.3 Å². The number of benzene rings is 1. The zero-order chi connectivity index (χ0) is 19.0. The largest absolute Gasteiger partial charge is 0.333 e. The maximum Gasteiger partial charge on any atom is 0.246 e. The minimum atomic E-state index is -0.0212. The Hall–Kier alpha value is -2.79. The van der Waals surface area contributed by atoms with Crippen molar-refractivity contribution < 1.29 is 4.79 Å². The van der Waals surface area contributed by atoms with Gasteiger partial charge in [-0.1, -0.05) is 30.8 Å². The summed E-state index contributed by atoms with van der Waals surface area (Å²) in [7, 11) is 0. The molecule has 2 aromatic heterocycles. The second-order valence-corrected chi connectivity index (χ2v) is 8.18. The second kappa shape index (κ2) is 7.08. The predicted molar refractivity (Wildman–Crippen MR) is 109 cm³/mol. The van der Waals surface area contributed by atoms with Crippen molar-refractivity contribution in [3.05, 3.63) is 82.0 Å². The number of carbonyl (C=O) groups excluding carboxylic acids is 1. The fraction of sp³-hybridized carbons (Fsp3) is 0.227. The van der Waals surface area contributed by atoms with Crippen LogP contribution in [0.4, 0.5) is 0 Å². The molecule has 4 nitrogen and oxygen atoms in total. The molecule has 0 unspecified atom stereocenters. The van der Waals surface area contributed by atoms with Crippen molar-refractivity contribution in [3.63, 3.8) is 0 Å². The molecule has 1 atom stereocenters. The van der Waals surface area contributed by atoms with Gasteiger partial charge < -0.3 is 4.90 Å². The van der Waals surface area contributed by atoms with Crippen LogP contribution in [0, 0.1) is 13.8 Å². The van der Waals surface area contributed by atoms with Crippen LogP contribution in [-0.2, 0) is 11.3 Å². The SMILES string of the molecule is C=CC(=O)N1Cc2sc(C)cc2[C@H](c2ccccc2-c2cc(C)ncn2)C1. The van der Waals surface area contributed by atoms with Gasteiger partial charge in [-0.05, 0) is 43.2 Å². The minimum absolute atomic E-state index is 0.0212. The van der Waals surface area contributed by atoms with Crippen LogP contribution < -0.4 is 0 Å². The van der Waals surface area contributed by atoms with Gasteiger partial charge in [0, 0.05) is 33.5 Å². The van der Waals surface area contributed by atoms with E-state index in [9.17, 15) is 4.79 Å². The molecule has 1 aliphatic rings. The average Bonchev–Trinajstić information content (AvgIpc) is 3.06. The van der Waals surface area contributed by atoms with E-state index in [0.29, 0.717) is 13.1 Å². The molecule has 1 amide bonds. The zero-order valence-corrected chi connectivity index (χ0v) is 16.3. The number of aromatic nitrogens is 2. The van der Waals surface area contributed by atoms with E-state index in [0.717, 1.165) is 17.0 Å². The van der Waals surface area contributed by atoms with E-state index in [1.807, 2.05) is 24.0 Å². The van der Waals surface area contributed by atoms with Gasteiger partial charge in [-0.15, -0.1) is 11.3 Å². The molecular formula is C22H21N3OS. The molecule has 0 saturated heterocycles. The average molecular weight is 375 g/mol. The monoisotopic (exact) mass is 375 g/mol. The first kappa shape index (κ1) is 17.6. The lowest BCUT2D eigenvalue weighted by atomic mass is 9.84. The van der Waals surface area contributed by atoms with Crippen molar-refractivity contribution in [3.8, 4) is 11.3 Å². The summed E-state index contributed by atoms with van der Waals surface area (Å²) in [5.74, 6) is 0.0983. The molecule has 0 aliphatic carbocycles. The van der Waals surface area contributed by atoms with Gasteiger partial charge in [-0.2, -0.15) is 0 Å². The molecule has 1 aliphatic heterocycles. The summed E-state index contributed by atoms with van der Waals surface area (Å²) in [6, 6.07) is 12.6. The highest BCUT2D eigenvalue weighted by atomic mass is 32.1. The number of thiophene rings is 1. The van der Waals surface area contributed by atoms with Gasteiger partial charge in [0.1, 0.15) is 6.33 Å². The van der Waals surface area contributed by atoms with Gasteiger partial charge in [0.2, 0.25) is 5.91 Å². The highest BCUT2D eigenvalue weighted by molar-refractivity contribution is 7.12. The van der Waals surface area contributed by atoms with Gasteiger partial charge in [0.05, 0.1) is 12.2 Å². The van der Waals surface area contributed by atoms with Crippen molar-refractivity contribution in [2.75, 3.05) is 6.54 Å². The van der Waals surface area contributed by atoms with Crippen LogP contribution in [0.15, 0.2) is 55.4 Å². The number of nitrogens with zero attached hydrogens (tertiary/aromatic N) is 3. The van der Waals surface area contributed by atoms with Gasteiger partial charge in [0.15, 0.2) is 0 Å². The van der Waals surface area contributed by atoms with Crippen molar-refractivity contribution in [2.45, 2.75) is 26.3 Å². The number of amides is 1. The van der Waals surface area contributed by atoms with Crippen LogP contribution in [-0.4, -0.2) is 27.3 Å². The fourth-order valence-corrected chi connectivity index (χ4v) is 4.87. The van der Waals surface area contributed by atoms with E-state index in [-0.39, 0.29) is 11.8 Å². The van der Waals surface area contributed by atoms with E-state index in [2.05, 4.69) is 47.7 Å². The molecule has 27 heavy (non-hydrogen) atoms. The topological polar surface area (TPSA) is 46.1 Å². The van der Waals surface area contributed by atoms with E-state index < -0.39 is 0 Å². The first-order chi connectivity index (χ1) is 13.1. The number of fused-ring (bicyclic) bond motifs is 1. The number of rotatable bonds is 3. The maximum absolute atomic E-state index is 12.4. The molecule has 0 fully saturated rings. The summed E-state index contributed by atoms with van der Waals surface area (Å²) >= 11 is 1.77. The summed E-state index contributed by atoms with van der Waals surface area (Å²) in [6.07, 6.45) is 3.01. The number of hydrogen-bond donors (Lipinski definition) is 0. The van der Waals surface area contributed by atoms with E-state index >= 15 is 0 Å². The summed E-state index contributed by atoms with van der Waals surface area (Å²) in [5.41, 5.74) is 5.46. The third-order valence-corrected chi connectivity index (χ3v) is 6.03. The zero-order valence-electron chi connectivity index (χ0n) is 15.5. The highest BCUT2D eigenvalue weighted by Crippen LogP contribution is 2.41. The number of hydrogen-bond acceptors (Lipinski definition) is 4. The molecule has 3 aromatic rings. The quantitative estimate of drug-likeness (QED) is 0.634. The van der Waals surface area contributed by atoms with E-state index in [4.69, 9.17) is 0 Å². The van der Waals surface area contributed by atoms with Gasteiger partial charge in [-0.25, -0.2) is 9.97 Å². The molecular weight excluding hydrogens is 354 g/mol. The number of aryl methyl sites for hydroxylation is 2. The van der Waals surface area contributed by atoms with Crippen molar-refractivity contribution in [1.29, 1.82) is 0 Å². The molecule has 0 radical (unpaired) electrons. The summed E-state index contributed by atoms with van der Waals surface area (Å²) in [5, 5.41) is 0. The Bertz CT molecular complexity index is 1020. The summed E-state index contributed by atoms with van der Waals surface area (Å²) in [6.45, 7) is 9.07. The Balaban J connectivity index is 1.85. The van der Waals surface area contributed by atoms with Gasteiger partial charge in [-0.3, -0.25) is 4.79 Å². The van der Waals surface area contributed by atoms with Crippen molar-refractivity contribution in [1.82, 2.24) is 14.9 Å². The summed E-state index contributed by atoms with van der Waals surface area (Å²) in [4.78, 5) is 25.5. The van der Waals surface area contributed by atoms with E-state index in [1.54, 1.807) is 17.7 Å².